The standard InChI is InChI=1S/C11H16N2O3S/c14-7-6-13(16)12-10(11(15)17)8-9-4-2-1-3-5-9/h1-5,10,12,14,16H,6-8H2,(H,15,17). The highest BCUT2D eigenvalue weighted by atomic mass is 32.1. The minimum absolute atomic E-state index is 0.0202. The highest BCUT2D eigenvalue weighted by Gasteiger charge is 2.17. The van der Waals surface area contributed by atoms with Crippen molar-refractivity contribution in [3.05, 3.63) is 35.9 Å². The Kier molecular flexibility index (Phi) is 6.17. The van der Waals surface area contributed by atoms with Gasteiger partial charge in [-0.2, -0.15) is 0 Å². The van der Waals surface area contributed by atoms with Crippen molar-refractivity contribution in [2.24, 2.45) is 0 Å². The van der Waals surface area contributed by atoms with Gasteiger partial charge in [0, 0.05) is 0 Å². The Labute approximate surface area is 105 Å². The minimum atomic E-state index is -0.628. The molecule has 1 atom stereocenters. The third-order valence-corrected chi connectivity index (χ3v) is 2.51. The first-order chi connectivity index (χ1) is 8.13. The van der Waals surface area contributed by atoms with E-state index < -0.39 is 6.04 Å². The van der Waals surface area contributed by atoms with Gasteiger partial charge >= 0.3 is 0 Å². The highest BCUT2D eigenvalue weighted by Crippen LogP contribution is 2.05. The normalized spacial score (nSPS) is 12.7. The summed E-state index contributed by atoms with van der Waals surface area (Å²) in [6, 6.07) is 8.79. The fourth-order valence-electron chi connectivity index (χ4n) is 1.38. The van der Waals surface area contributed by atoms with Crippen molar-refractivity contribution in [1.82, 2.24) is 10.6 Å². The summed E-state index contributed by atoms with van der Waals surface area (Å²) in [4.78, 5) is 11.3. The first-order valence-corrected chi connectivity index (χ1v) is 5.68. The molecule has 0 aromatic heterocycles. The number of nitrogens with one attached hydrogen (secondary N) is 1. The molecule has 3 N–H and O–H groups in total. The number of hydroxylamine groups is 1. The zero-order chi connectivity index (χ0) is 12.7. The predicted molar refractivity (Wildman–Crippen MR) is 66.6 cm³/mol. The second-order valence-corrected chi connectivity index (χ2v) is 4.00. The molecule has 0 fully saturated rings. The Hall–Kier alpha value is -0.920. The molecule has 1 rings (SSSR count). The summed E-state index contributed by atoms with van der Waals surface area (Å²) in [6.07, 6.45) is 0.422. The lowest BCUT2D eigenvalue weighted by Gasteiger charge is -2.21. The minimum Gasteiger partial charge on any atom is -0.395 e. The molecule has 0 saturated carbocycles. The zero-order valence-corrected chi connectivity index (χ0v) is 10.2. The van der Waals surface area contributed by atoms with Crippen LogP contribution < -0.4 is 5.43 Å². The summed E-state index contributed by atoms with van der Waals surface area (Å²) in [5.74, 6) is 0. The van der Waals surface area contributed by atoms with E-state index in [2.05, 4.69) is 18.1 Å². The van der Waals surface area contributed by atoms with Gasteiger partial charge in [0.1, 0.15) is 0 Å². The van der Waals surface area contributed by atoms with Crippen molar-refractivity contribution in [2.45, 2.75) is 12.5 Å². The van der Waals surface area contributed by atoms with Gasteiger partial charge in [-0.25, -0.2) is 5.43 Å². The quantitative estimate of drug-likeness (QED) is 0.415. The third kappa shape index (κ3) is 5.29. The number of hydrogen-bond acceptors (Lipinski definition) is 5. The number of nitrogens with zero attached hydrogens (tertiary/aromatic N) is 1. The summed E-state index contributed by atoms with van der Waals surface area (Å²) in [6.45, 7) is -0.186. The van der Waals surface area contributed by atoms with Crippen molar-refractivity contribution in [3.63, 3.8) is 0 Å². The van der Waals surface area contributed by atoms with Crippen molar-refractivity contribution in [2.75, 3.05) is 13.2 Å². The van der Waals surface area contributed by atoms with Gasteiger partial charge in [-0.15, -0.1) is 17.8 Å². The van der Waals surface area contributed by atoms with Crippen LogP contribution in [0.2, 0.25) is 0 Å². The number of aliphatic hydroxyl groups excluding tert-OH is 1. The van der Waals surface area contributed by atoms with Gasteiger partial charge in [-0.1, -0.05) is 30.3 Å². The monoisotopic (exact) mass is 256 g/mol. The fraction of sp³-hybridized carbons (Fsp3) is 0.364. The van der Waals surface area contributed by atoms with E-state index in [1.54, 1.807) is 0 Å². The van der Waals surface area contributed by atoms with E-state index in [1.165, 1.54) is 0 Å². The van der Waals surface area contributed by atoms with Gasteiger partial charge in [-0.3, -0.25) is 10.0 Å². The molecule has 5 nitrogen and oxygen atoms in total. The number of carbonyl (C=O) groups is 1. The maximum atomic E-state index is 11.3. The highest BCUT2D eigenvalue weighted by molar-refractivity contribution is 7.96. The van der Waals surface area contributed by atoms with Crippen molar-refractivity contribution in [1.29, 1.82) is 0 Å². The van der Waals surface area contributed by atoms with Gasteiger partial charge in [0.2, 0.25) is 5.12 Å². The molecule has 0 aliphatic carbocycles. The molecule has 0 bridgehead atoms. The van der Waals surface area contributed by atoms with E-state index in [4.69, 9.17) is 5.11 Å². The molecule has 0 aliphatic rings. The zero-order valence-electron chi connectivity index (χ0n) is 9.28. The van der Waals surface area contributed by atoms with Crippen LogP contribution in [0.3, 0.4) is 0 Å². The topological polar surface area (TPSA) is 72.8 Å². The summed E-state index contributed by atoms with van der Waals surface area (Å²) < 4.78 is 0. The van der Waals surface area contributed by atoms with E-state index in [0.29, 0.717) is 11.6 Å². The number of hydrazine groups is 1. The molecular weight excluding hydrogens is 240 g/mol. The maximum Gasteiger partial charge on any atom is 0.204 e. The summed E-state index contributed by atoms with van der Waals surface area (Å²) in [7, 11) is 0. The summed E-state index contributed by atoms with van der Waals surface area (Å²) in [5.41, 5.74) is 3.53. The van der Waals surface area contributed by atoms with Crippen molar-refractivity contribution in [3.8, 4) is 0 Å². The van der Waals surface area contributed by atoms with Crippen LogP contribution in [0.25, 0.3) is 0 Å². The van der Waals surface area contributed by atoms with Crippen LogP contribution in [0.15, 0.2) is 30.3 Å². The average Bonchev–Trinajstić information content (AvgIpc) is 2.29. The Morgan fingerprint density at radius 1 is 1.41 bits per heavy atom. The lowest BCUT2D eigenvalue weighted by Crippen LogP contribution is -2.47. The van der Waals surface area contributed by atoms with E-state index in [1.807, 2.05) is 30.3 Å². The number of benzene rings is 1. The number of thiol groups is 1. The molecule has 0 saturated heterocycles. The number of carbonyl (C=O) groups excluding carboxylic acids is 1. The molecule has 94 valence electrons. The SMILES string of the molecule is O=C(S)C(Cc1ccccc1)NN(O)CCO. The van der Waals surface area contributed by atoms with Gasteiger partial charge < -0.3 is 5.11 Å². The van der Waals surface area contributed by atoms with Crippen molar-refractivity contribution < 1.29 is 15.1 Å². The molecule has 1 aromatic carbocycles. The van der Waals surface area contributed by atoms with Crippen LogP contribution in [-0.2, 0) is 11.2 Å². The Morgan fingerprint density at radius 2 is 2.06 bits per heavy atom. The van der Waals surface area contributed by atoms with Crippen LogP contribution >= 0.6 is 12.6 Å². The smallest absolute Gasteiger partial charge is 0.204 e. The van der Waals surface area contributed by atoms with Gasteiger partial charge in [0.15, 0.2) is 0 Å². The molecule has 0 heterocycles. The average molecular weight is 256 g/mol. The van der Waals surface area contributed by atoms with Gasteiger partial charge in [0.25, 0.3) is 0 Å². The van der Waals surface area contributed by atoms with Gasteiger partial charge in [0.05, 0.1) is 19.2 Å². The van der Waals surface area contributed by atoms with E-state index in [0.717, 1.165) is 5.56 Å². The number of rotatable bonds is 7. The Morgan fingerprint density at radius 3 is 2.59 bits per heavy atom. The molecule has 1 aromatic rings. The van der Waals surface area contributed by atoms with E-state index in [-0.39, 0.29) is 18.3 Å². The molecule has 6 heteroatoms. The Bertz CT molecular complexity index is 348. The predicted octanol–water partition coefficient (Wildman–Crippen LogP) is 0.242. The molecule has 0 amide bonds. The molecule has 0 spiro atoms. The molecule has 0 radical (unpaired) electrons. The van der Waals surface area contributed by atoms with Crippen molar-refractivity contribution >= 4 is 17.7 Å². The van der Waals surface area contributed by atoms with Crippen LogP contribution in [0.5, 0.6) is 0 Å². The van der Waals surface area contributed by atoms with E-state index in [9.17, 15) is 10.0 Å². The number of hydrogen-bond donors (Lipinski definition) is 4. The van der Waals surface area contributed by atoms with Crippen LogP contribution in [0.4, 0.5) is 0 Å². The fourth-order valence-corrected chi connectivity index (χ4v) is 1.53. The second-order valence-electron chi connectivity index (χ2n) is 3.56. The largest absolute Gasteiger partial charge is 0.395 e. The molecule has 0 aliphatic heterocycles. The van der Waals surface area contributed by atoms with Gasteiger partial charge in [-0.05, 0) is 12.0 Å². The van der Waals surface area contributed by atoms with E-state index >= 15 is 0 Å². The first-order valence-electron chi connectivity index (χ1n) is 5.23. The molecule has 1 unspecified atom stereocenters. The Balaban J connectivity index is 2.58. The van der Waals surface area contributed by atoms with Crippen LogP contribution in [0.1, 0.15) is 5.56 Å². The first kappa shape index (κ1) is 14.1. The number of aliphatic hydroxyl groups is 1. The third-order valence-electron chi connectivity index (χ3n) is 2.20. The lowest BCUT2D eigenvalue weighted by atomic mass is 10.1. The second kappa shape index (κ2) is 7.41. The maximum absolute atomic E-state index is 11.3. The van der Waals surface area contributed by atoms with Crippen LogP contribution in [-0.4, -0.2) is 39.8 Å². The lowest BCUT2D eigenvalue weighted by molar-refractivity contribution is -0.155. The molecular formula is C11H16N2O3S. The summed E-state index contributed by atoms with van der Waals surface area (Å²) >= 11 is 3.76. The summed E-state index contributed by atoms with van der Waals surface area (Å²) in [5, 5.41) is 18.3. The van der Waals surface area contributed by atoms with Crippen LogP contribution in [0, 0.1) is 0 Å². The molecule has 17 heavy (non-hydrogen) atoms.